The average Bonchev–Trinajstić information content (AvgIpc) is 2.48. The zero-order valence-corrected chi connectivity index (χ0v) is 12.7. The van der Waals surface area contributed by atoms with E-state index in [0.29, 0.717) is 44.7 Å². The average molecular weight is 298 g/mol. The number of likely N-dealkylation sites (tertiary alicyclic amines) is 1. The number of piperidine rings is 1. The van der Waals surface area contributed by atoms with E-state index in [1.807, 2.05) is 0 Å². The molecule has 0 atom stereocenters. The van der Waals surface area contributed by atoms with E-state index in [4.69, 9.17) is 0 Å². The molecule has 120 valence electrons. The second kappa shape index (κ2) is 6.64. The standard InChI is InChI=1S/C15H26N2O4/c1-2-11-3-7-15(8-4-11,13(19)20)16-14(21)17-9-5-12(18)6-10-17/h11-12,18H,2-10H2,1H3,(H,16,21)(H,19,20). The van der Waals surface area contributed by atoms with Gasteiger partial charge in [0.1, 0.15) is 5.54 Å². The minimum absolute atomic E-state index is 0.306. The van der Waals surface area contributed by atoms with Crippen LogP contribution in [0.2, 0.25) is 0 Å². The van der Waals surface area contributed by atoms with Crippen LogP contribution in [0.25, 0.3) is 0 Å². The van der Waals surface area contributed by atoms with E-state index in [1.54, 1.807) is 4.90 Å². The molecule has 0 radical (unpaired) electrons. The second-order valence-electron chi connectivity index (χ2n) is 6.39. The molecule has 0 spiro atoms. The van der Waals surface area contributed by atoms with Crippen molar-refractivity contribution in [1.29, 1.82) is 0 Å². The van der Waals surface area contributed by atoms with Crippen molar-refractivity contribution in [2.45, 2.75) is 63.5 Å². The van der Waals surface area contributed by atoms with Gasteiger partial charge in [0.05, 0.1) is 6.10 Å². The van der Waals surface area contributed by atoms with Crippen molar-refractivity contribution in [2.24, 2.45) is 5.92 Å². The van der Waals surface area contributed by atoms with E-state index >= 15 is 0 Å². The van der Waals surface area contributed by atoms with Gasteiger partial charge in [0, 0.05) is 13.1 Å². The number of aliphatic hydroxyl groups is 1. The minimum Gasteiger partial charge on any atom is -0.480 e. The Bertz CT molecular complexity index is 383. The van der Waals surface area contributed by atoms with Crippen LogP contribution in [-0.2, 0) is 4.79 Å². The van der Waals surface area contributed by atoms with Crippen molar-refractivity contribution >= 4 is 12.0 Å². The Morgan fingerprint density at radius 2 is 1.76 bits per heavy atom. The van der Waals surface area contributed by atoms with Gasteiger partial charge in [0.2, 0.25) is 0 Å². The Balaban J connectivity index is 1.97. The van der Waals surface area contributed by atoms with Gasteiger partial charge in [-0.05, 0) is 44.4 Å². The van der Waals surface area contributed by atoms with E-state index in [2.05, 4.69) is 12.2 Å². The fraction of sp³-hybridized carbons (Fsp3) is 0.867. The van der Waals surface area contributed by atoms with E-state index in [9.17, 15) is 19.8 Å². The van der Waals surface area contributed by atoms with Crippen LogP contribution in [0.1, 0.15) is 51.9 Å². The molecule has 6 nitrogen and oxygen atoms in total. The topological polar surface area (TPSA) is 89.9 Å². The number of aliphatic carboxylic acids is 1. The molecule has 21 heavy (non-hydrogen) atoms. The summed E-state index contributed by atoms with van der Waals surface area (Å²) >= 11 is 0. The SMILES string of the molecule is CCC1CCC(NC(=O)N2CCC(O)CC2)(C(=O)O)CC1. The van der Waals surface area contributed by atoms with Crippen LogP contribution in [-0.4, -0.2) is 51.8 Å². The maximum absolute atomic E-state index is 12.3. The Morgan fingerprint density at radius 3 is 2.24 bits per heavy atom. The van der Waals surface area contributed by atoms with Crippen molar-refractivity contribution in [1.82, 2.24) is 10.2 Å². The number of nitrogens with one attached hydrogen (secondary N) is 1. The molecule has 1 heterocycles. The lowest BCUT2D eigenvalue weighted by molar-refractivity contribution is -0.146. The molecule has 2 rings (SSSR count). The van der Waals surface area contributed by atoms with Crippen molar-refractivity contribution in [2.75, 3.05) is 13.1 Å². The third-order valence-electron chi connectivity index (χ3n) is 5.04. The van der Waals surface area contributed by atoms with Crippen molar-refractivity contribution < 1.29 is 19.8 Å². The third-order valence-corrected chi connectivity index (χ3v) is 5.04. The van der Waals surface area contributed by atoms with Gasteiger partial charge in [-0.2, -0.15) is 0 Å². The predicted molar refractivity (Wildman–Crippen MR) is 78.0 cm³/mol. The summed E-state index contributed by atoms with van der Waals surface area (Å²) in [6, 6.07) is -0.306. The Hall–Kier alpha value is -1.30. The number of urea groups is 1. The molecular weight excluding hydrogens is 272 g/mol. The molecule has 1 aliphatic carbocycles. The van der Waals surface area contributed by atoms with Gasteiger partial charge in [-0.1, -0.05) is 13.3 Å². The summed E-state index contributed by atoms with van der Waals surface area (Å²) in [6.45, 7) is 3.09. The number of amides is 2. The van der Waals surface area contributed by atoms with E-state index in [1.165, 1.54) is 0 Å². The first kappa shape index (κ1) is 16.1. The lowest BCUT2D eigenvalue weighted by atomic mass is 9.75. The van der Waals surface area contributed by atoms with E-state index < -0.39 is 11.5 Å². The lowest BCUT2D eigenvalue weighted by Gasteiger charge is -2.39. The first-order valence-electron chi connectivity index (χ1n) is 7.95. The minimum atomic E-state index is -1.11. The largest absolute Gasteiger partial charge is 0.480 e. The molecule has 3 N–H and O–H groups in total. The summed E-state index contributed by atoms with van der Waals surface area (Å²) in [7, 11) is 0. The normalized spacial score (nSPS) is 31.0. The van der Waals surface area contributed by atoms with E-state index in [0.717, 1.165) is 19.3 Å². The molecule has 6 heteroatoms. The summed E-state index contributed by atoms with van der Waals surface area (Å²) in [5.74, 6) is -0.359. The first-order valence-corrected chi connectivity index (χ1v) is 7.95. The van der Waals surface area contributed by atoms with Crippen molar-refractivity contribution in [3.05, 3.63) is 0 Å². The number of rotatable bonds is 3. The van der Waals surface area contributed by atoms with Gasteiger partial charge in [0.25, 0.3) is 0 Å². The summed E-state index contributed by atoms with van der Waals surface area (Å²) in [6.07, 6.45) is 4.54. The van der Waals surface area contributed by atoms with Crippen LogP contribution in [0.5, 0.6) is 0 Å². The van der Waals surface area contributed by atoms with Gasteiger partial charge >= 0.3 is 12.0 Å². The third kappa shape index (κ3) is 3.67. The predicted octanol–water partition coefficient (Wildman–Crippen LogP) is 1.58. The number of hydrogen-bond acceptors (Lipinski definition) is 3. The first-order chi connectivity index (χ1) is 9.97. The Morgan fingerprint density at radius 1 is 1.19 bits per heavy atom. The van der Waals surface area contributed by atoms with Crippen LogP contribution in [0.3, 0.4) is 0 Å². The molecular formula is C15H26N2O4. The van der Waals surface area contributed by atoms with Crippen molar-refractivity contribution in [3.63, 3.8) is 0 Å². The molecule has 2 aliphatic rings. The zero-order chi connectivity index (χ0) is 15.5. The monoisotopic (exact) mass is 298 g/mol. The highest BCUT2D eigenvalue weighted by molar-refractivity contribution is 5.86. The van der Waals surface area contributed by atoms with Crippen LogP contribution < -0.4 is 5.32 Å². The number of aliphatic hydroxyl groups excluding tert-OH is 1. The number of carboxylic acids is 1. The lowest BCUT2D eigenvalue weighted by Crippen LogP contribution is -2.60. The summed E-state index contributed by atoms with van der Waals surface area (Å²) < 4.78 is 0. The molecule has 0 aromatic carbocycles. The highest BCUT2D eigenvalue weighted by Gasteiger charge is 2.43. The number of carbonyl (C=O) groups excluding carboxylic acids is 1. The van der Waals surface area contributed by atoms with Crippen molar-refractivity contribution in [3.8, 4) is 0 Å². The molecule has 0 aromatic rings. The van der Waals surface area contributed by atoms with Gasteiger partial charge in [-0.15, -0.1) is 0 Å². The fourth-order valence-corrected chi connectivity index (χ4v) is 3.32. The summed E-state index contributed by atoms with van der Waals surface area (Å²) in [5.41, 5.74) is -1.11. The molecule has 2 fully saturated rings. The summed E-state index contributed by atoms with van der Waals surface area (Å²) in [5, 5.41) is 21.8. The van der Waals surface area contributed by atoms with Gasteiger partial charge < -0.3 is 20.4 Å². The molecule has 0 aromatic heterocycles. The number of nitrogens with zero attached hydrogens (tertiary/aromatic N) is 1. The molecule has 1 saturated carbocycles. The molecule has 2 amide bonds. The van der Waals surface area contributed by atoms with Crippen LogP contribution in [0.15, 0.2) is 0 Å². The van der Waals surface area contributed by atoms with Gasteiger partial charge in [-0.25, -0.2) is 9.59 Å². The van der Waals surface area contributed by atoms with Gasteiger partial charge in [0.15, 0.2) is 0 Å². The smallest absolute Gasteiger partial charge is 0.329 e. The van der Waals surface area contributed by atoms with Crippen LogP contribution in [0.4, 0.5) is 4.79 Å². The number of hydrogen-bond donors (Lipinski definition) is 3. The second-order valence-corrected chi connectivity index (χ2v) is 6.39. The molecule has 0 unspecified atom stereocenters. The fourth-order valence-electron chi connectivity index (χ4n) is 3.32. The van der Waals surface area contributed by atoms with Gasteiger partial charge in [-0.3, -0.25) is 0 Å². The molecule has 1 saturated heterocycles. The zero-order valence-electron chi connectivity index (χ0n) is 12.7. The number of carboxylic acid groups (broad SMARTS) is 1. The summed E-state index contributed by atoms with van der Waals surface area (Å²) in [4.78, 5) is 25.6. The quantitative estimate of drug-likeness (QED) is 0.738. The molecule has 1 aliphatic heterocycles. The number of carbonyl (C=O) groups is 2. The Kier molecular flexibility index (Phi) is 5.08. The Labute approximate surface area is 125 Å². The maximum Gasteiger partial charge on any atom is 0.329 e. The van der Waals surface area contributed by atoms with E-state index in [-0.39, 0.29) is 12.1 Å². The highest BCUT2D eigenvalue weighted by atomic mass is 16.4. The maximum atomic E-state index is 12.3. The highest BCUT2D eigenvalue weighted by Crippen LogP contribution is 2.34. The van der Waals surface area contributed by atoms with Crippen LogP contribution >= 0.6 is 0 Å². The molecule has 0 bridgehead atoms. The van der Waals surface area contributed by atoms with Crippen LogP contribution in [0, 0.1) is 5.92 Å².